The first-order chi connectivity index (χ1) is 9.81. The van der Waals surface area contributed by atoms with Crippen LogP contribution in [0.3, 0.4) is 0 Å². The van der Waals surface area contributed by atoms with E-state index in [9.17, 15) is 8.42 Å². The van der Waals surface area contributed by atoms with Gasteiger partial charge in [-0.1, -0.05) is 6.07 Å². The van der Waals surface area contributed by atoms with Gasteiger partial charge >= 0.3 is 0 Å². The fourth-order valence-electron chi connectivity index (χ4n) is 2.97. The minimum atomic E-state index is -3.54. The highest BCUT2D eigenvalue weighted by atomic mass is 32.2. The zero-order valence-electron chi connectivity index (χ0n) is 13.0. The SMILES string of the molecule is Cc1ccc(N)c(C)c1S(=O)(=O)NC(C)CN1CCCC1. The van der Waals surface area contributed by atoms with Gasteiger partial charge in [-0.3, -0.25) is 0 Å². The van der Waals surface area contributed by atoms with Crippen molar-refractivity contribution in [3.05, 3.63) is 23.3 Å². The number of nitrogens with one attached hydrogen (secondary N) is 1. The molecular weight excluding hydrogens is 286 g/mol. The molecule has 0 amide bonds. The van der Waals surface area contributed by atoms with E-state index in [0.29, 0.717) is 16.1 Å². The number of nitrogens with zero attached hydrogens (tertiary/aromatic N) is 1. The lowest BCUT2D eigenvalue weighted by Crippen LogP contribution is -2.41. The fraction of sp³-hybridized carbons (Fsp3) is 0.600. The molecule has 1 aromatic rings. The van der Waals surface area contributed by atoms with Gasteiger partial charge in [0.1, 0.15) is 0 Å². The minimum absolute atomic E-state index is 0.117. The van der Waals surface area contributed by atoms with E-state index in [2.05, 4.69) is 9.62 Å². The molecule has 1 atom stereocenters. The van der Waals surface area contributed by atoms with Crippen molar-refractivity contribution in [2.24, 2.45) is 0 Å². The van der Waals surface area contributed by atoms with Gasteiger partial charge in [-0.05, 0) is 63.9 Å². The number of likely N-dealkylation sites (tertiary alicyclic amines) is 1. The normalized spacial score (nSPS) is 18.0. The van der Waals surface area contributed by atoms with Crippen molar-refractivity contribution in [2.45, 2.75) is 44.6 Å². The molecule has 0 aliphatic carbocycles. The van der Waals surface area contributed by atoms with Crippen LogP contribution in [0.25, 0.3) is 0 Å². The van der Waals surface area contributed by atoms with E-state index in [4.69, 9.17) is 5.73 Å². The van der Waals surface area contributed by atoms with Crippen LogP contribution in [0.4, 0.5) is 5.69 Å². The van der Waals surface area contributed by atoms with Crippen LogP contribution in [0.15, 0.2) is 17.0 Å². The molecule has 0 spiro atoms. The van der Waals surface area contributed by atoms with Gasteiger partial charge in [-0.2, -0.15) is 0 Å². The number of benzene rings is 1. The second-order valence-corrected chi connectivity index (χ2v) is 7.61. The molecule has 1 unspecified atom stereocenters. The van der Waals surface area contributed by atoms with E-state index in [1.54, 1.807) is 26.0 Å². The molecule has 1 aliphatic heterocycles. The van der Waals surface area contributed by atoms with Crippen LogP contribution in [-0.2, 0) is 10.0 Å². The Morgan fingerprint density at radius 2 is 1.90 bits per heavy atom. The van der Waals surface area contributed by atoms with Crippen molar-refractivity contribution in [1.29, 1.82) is 0 Å². The smallest absolute Gasteiger partial charge is 0.241 e. The van der Waals surface area contributed by atoms with Crippen LogP contribution < -0.4 is 10.5 Å². The Labute approximate surface area is 127 Å². The standard InChI is InChI=1S/C15H25N3O2S/c1-11-6-7-14(16)13(3)15(11)21(19,20)17-12(2)10-18-8-4-5-9-18/h6-7,12,17H,4-5,8-10,16H2,1-3H3. The Morgan fingerprint density at radius 3 is 2.52 bits per heavy atom. The van der Waals surface area contributed by atoms with Crippen molar-refractivity contribution in [3.8, 4) is 0 Å². The van der Waals surface area contributed by atoms with E-state index in [0.717, 1.165) is 25.2 Å². The lowest BCUT2D eigenvalue weighted by molar-refractivity contribution is 0.312. The molecule has 1 aromatic carbocycles. The number of sulfonamides is 1. The van der Waals surface area contributed by atoms with Crippen LogP contribution in [0.1, 0.15) is 30.9 Å². The summed E-state index contributed by atoms with van der Waals surface area (Å²) >= 11 is 0. The lowest BCUT2D eigenvalue weighted by atomic mass is 10.1. The largest absolute Gasteiger partial charge is 0.398 e. The number of nitrogens with two attached hydrogens (primary N) is 1. The maximum Gasteiger partial charge on any atom is 0.241 e. The zero-order valence-corrected chi connectivity index (χ0v) is 13.8. The summed E-state index contributed by atoms with van der Waals surface area (Å²) in [6.07, 6.45) is 2.40. The van der Waals surface area contributed by atoms with Crippen molar-refractivity contribution in [1.82, 2.24) is 9.62 Å². The molecule has 1 heterocycles. The summed E-state index contributed by atoms with van der Waals surface area (Å²) in [6, 6.07) is 3.38. The van der Waals surface area contributed by atoms with Gasteiger partial charge in [0.2, 0.25) is 10.0 Å². The molecule has 6 heteroatoms. The summed E-state index contributed by atoms with van der Waals surface area (Å²) in [7, 11) is -3.54. The molecule has 5 nitrogen and oxygen atoms in total. The molecule has 2 rings (SSSR count). The number of anilines is 1. The second kappa shape index (κ2) is 6.34. The summed E-state index contributed by atoms with van der Waals surface area (Å²) in [5, 5.41) is 0. The topological polar surface area (TPSA) is 75.4 Å². The fourth-order valence-corrected chi connectivity index (χ4v) is 4.70. The van der Waals surface area contributed by atoms with Crippen LogP contribution in [0.5, 0.6) is 0 Å². The molecule has 0 bridgehead atoms. The molecule has 0 radical (unpaired) electrons. The Hall–Kier alpha value is -1.11. The molecule has 21 heavy (non-hydrogen) atoms. The average molecular weight is 311 g/mol. The molecule has 0 saturated carbocycles. The summed E-state index contributed by atoms with van der Waals surface area (Å²) in [5.41, 5.74) is 7.70. The summed E-state index contributed by atoms with van der Waals surface area (Å²) in [6.45, 7) is 8.32. The van der Waals surface area contributed by atoms with E-state index < -0.39 is 10.0 Å². The Morgan fingerprint density at radius 1 is 1.29 bits per heavy atom. The van der Waals surface area contributed by atoms with Crippen LogP contribution in [0.2, 0.25) is 0 Å². The highest BCUT2D eigenvalue weighted by molar-refractivity contribution is 7.89. The molecular formula is C15H25N3O2S. The van der Waals surface area contributed by atoms with Gasteiger partial charge in [0, 0.05) is 18.3 Å². The summed E-state index contributed by atoms with van der Waals surface area (Å²) < 4.78 is 28.0. The van der Waals surface area contributed by atoms with Gasteiger partial charge in [0.05, 0.1) is 4.90 Å². The predicted molar refractivity (Wildman–Crippen MR) is 85.8 cm³/mol. The first-order valence-electron chi connectivity index (χ1n) is 7.41. The van der Waals surface area contributed by atoms with E-state index in [-0.39, 0.29) is 6.04 Å². The number of aryl methyl sites for hydroxylation is 1. The van der Waals surface area contributed by atoms with Crippen LogP contribution in [-0.4, -0.2) is 39.0 Å². The van der Waals surface area contributed by atoms with Gasteiger partial charge in [-0.15, -0.1) is 0 Å². The van der Waals surface area contributed by atoms with E-state index >= 15 is 0 Å². The highest BCUT2D eigenvalue weighted by Gasteiger charge is 2.24. The monoisotopic (exact) mass is 311 g/mol. The number of hydrogen-bond acceptors (Lipinski definition) is 4. The Balaban J connectivity index is 2.16. The molecule has 1 aliphatic rings. The maximum atomic E-state index is 12.6. The second-order valence-electron chi connectivity index (χ2n) is 5.96. The Kier molecular flexibility index (Phi) is 4.91. The minimum Gasteiger partial charge on any atom is -0.398 e. The third-order valence-corrected chi connectivity index (χ3v) is 5.88. The lowest BCUT2D eigenvalue weighted by Gasteiger charge is -2.22. The van der Waals surface area contributed by atoms with E-state index in [1.165, 1.54) is 12.8 Å². The maximum absolute atomic E-state index is 12.6. The Bertz CT molecular complexity index is 608. The molecule has 1 saturated heterocycles. The third kappa shape index (κ3) is 3.75. The summed E-state index contributed by atoms with van der Waals surface area (Å²) in [4.78, 5) is 2.61. The van der Waals surface area contributed by atoms with Crippen LogP contribution in [0, 0.1) is 13.8 Å². The zero-order chi connectivity index (χ0) is 15.6. The predicted octanol–water partition coefficient (Wildman–Crippen LogP) is 1.65. The van der Waals surface area contributed by atoms with Gasteiger partial charge in [0.15, 0.2) is 0 Å². The molecule has 0 aromatic heterocycles. The van der Waals surface area contributed by atoms with Crippen molar-refractivity contribution >= 4 is 15.7 Å². The van der Waals surface area contributed by atoms with E-state index in [1.807, 2.05) is 6.92 Å². The number of nitrogen functional groups attached to an aromatic ring is 1. The van der Waals surface area contributed by atoms with Gasteiger partial charge < -0.3 is 10.6 Å². The van der Waals surface area contributed by atoms with Crippen molar-refractivity contribution < 1.29 is 8.42 Å². The first kappa shape index (κ1) is 16.3. The highest BCUT2D eigenvalue weighted by Crippen LogP contribution is 2.24. The van der Waals surface area contributed by atoms with Crippen molar-refractivity contribution in [3.63, 3.8) is 0 Å². The van der Waals surface area contributed by atoms with Gasteiger partial charge in [-0.25, -0.2) is 13.1 Å². The van der Waals surface area contributed by atoms with Gasteiger partial charge in [0.25, 0.3) is 0 Å². The molecule has 118 valence electrons. The molecule has 3 N–H and O–H groups in total. The summed E-state index contributed by atoms with van der Waals surface area (Å²) in [5.74, 6) is 0. The number of rotatable bonds is 5. The average Bonchev–Trinajstić information content (AvgIpc) is 2.85. The quantitative estimate of drug-likeness (QED) is 0.811. The molecule has 1 fully saturated rings. The number of hydrogen-bond donors (Lipinski definition) is 2. The third-order valence-electron chi connectivity index (χ3n) is 4.00. The first-order valence-corrected chi connectivity index (χ1v) is 8.90. The van der Waals surface area contributed by atoms with Crippen molar-refractivity contribution in [2.75, 3.05) is 25.4 Å². The van der Waals surface area contributed by atoms with Crippen LogP contribution >= 0.6 is 0 Å².